The first-order chi connectivity index (χ1) is 7.26. The van der Waals surface area contributed by atoms with Crippen molar-refractivity contribution in [1.82, 2.24) is 0 Å². The number of Topliss-reactive ketones (excluding diaryl/α,β-unsaturated/α-hetero) is 1. The Bertz CT molecular complexity index is 232. The quantitative estimate of drug-likeness (QED) is 0.570. The predicted molar refractivity (Wildman–Crippen MR) is 71.5 cm³/mol. The molecule has 1 heteroatoms. The van der Waals surface area contributed by atoms with E-state index in [0.29, 0.717) is 12.2 Å². The zero-order chi connectivity index (χ0) is 12.8. The van der Waals surface area contributed by atoms with Crippen LogP contribution in [-0.2, 0) is 4.79 Å². The summed E-state index contributed by atoms with van der Waals surface area (Å²) in [6, 6.07) is 0. The maximum atomic E-state index is 12.2. The van der Waals surface area contributed by atoms with Gasteiger partial charge in [0.2, 0.25) is 0 Å². The summed E-state index contributed by atoms with van der Waals surface area (Å²) in [5, 5.41) is 0. The summed E-state index contributed by atoms with van der Waals surface area (Å²) in [6.45, 7) is 14.5. The number of carbonyl (C=O) groups is 1. The van der Waals surface area contributed by atoms with Gasteiger partial charge in [0, 0.05) is 12.3 Å². The van der Waals surface area contributed by atoms with E-state index >= 15 is 0 Å². The van der Waals surface area contributed by atoms with E-state index in [-0.39, 0.29) is 11.3 Å². The van der Waals surface area contributed by atoms with Crippen LogP contribution >= 0.6 is 0 Å². The molecule has 0 spiro atoms. The average molecular weight is 224 g/mol. The van der Waals surface area contributed by atoms with Crippen LogP contribution in [0.2, 0.25) is 0 Å². The molecule has 1 unspecified atom stereocenters. The molecule has 94 valence electrons. The van der Waals surface area contributed by atoms with Gasteiger partial charge in [0.25, 0.3) is 0 Å². The highest BCUT2D eigenvalue weighted by Gasteiger charge is 2.23. The number of hydrogen-bond donors (Lipinski definition) is 0. The lowest BCUT2D eigenvalue weighted by Gasteiger charge is -2.22. The molecule has 1 atom stereocenters. The first-order valence-electron chi connectivity index (χ1n) is 6.43. The van der Waals surface area contributed by atoms with Crippen LogP contribution in [0.1, 0.15) is 66.7 Å². The molecule has 0 saturated heterocycles. The lowest BCUT2D eigenvalue weighted by atomic mass is 9.82. The van der Waals surface area contributed by atoms with E-state index in [0.717, 1.165) is 31.3 Å². The van der Waals surface area contributed by atoms with Crippen LogP contribution in [0.15, 0.2) is 12.2 Å². The van der Waals surface area contributed by atoms with Crippen molar-refractivity contribution < 1.29 is 4.79 Å². The topological polar surface area (TPSA) is 17.1 Å². The fourth-order valence-electron chi connectivity index (χ4n) is 1.92. The maximum absolute atomic E-state index is 12.2. The summed E-state index contributed by atoms with van der Waals surface area (Å²) in [5.74, 6) is 0.626. The minimum Gasteiger partial charge on any atom is -0.299 e. The molecule has 16 heavy (non-hydrogen) atoms. The summed E-state index contributed by atoms with van der Waals surface area (Å²) >= 11 is 0. The molecule has 0 N–H and O–H groups in total. The predicted octanol–water partition coefficient (Wildman–Crippen LogP) is 4.76. The summed E-state index contributed by atoms with van der Waals surface area (Å²) in [7, 11) is 0. The lowest BCUT2D eigenvalue weighted by Crippen LogP contribution is -2.21. The molecule has 0 aromatic rings. The van der Waals surface area contributed by atoms with Crippen LogP contribution in [0, 0.1) is 11.3 Å². The number of unbranched alkanes of at least 4 members (excludes halogenated alkanes) is 1. The number of allylic oxidation sites excluding steroid dienone is 1. The van der Waals surface area contributed by atoms with Crippen molar-refractivity contribution in [3.63, 3.8) is 0 Å². The molecule has 0 rings (SSSR count). The second kappa shape index (κ2) is 6.88. The summed E-state index contributed by atoms with van der Waals surface area (Å²) in [5.41, 5.74) is 1.24. The van der Waals surface area contributed by atoms with Gasteiger partial charge in [-0.2, -0.15) is 0 Å². The third-order valence-corrected chi connectivity index (χ3v) is 2.66. The first-order valence-corrected chi connectivity index (χ1v) is 6.43. The maximum Gasteiger partial charge on any atom is 0.136 e. The van der Waals surface area contributed by atoms with Gasteiger partial charge < -0.3 is 0 Å². The van der Waals surface area contributed by atoms with E-state index in [2.05, 4.69) is 34.3 Å². The second-order valence-corrected chi connectivity index (χ2v) is 6.20. The van der Waals surface area contributed by atoms with Crippen LogP contribution < -0.4 is 0 Å². The van der Waals surface area contributed by atoms with Gasteiger partial charge in [-0.05, 0) is 25.2 Å². The van der Waals surface area contributed by atoms with Gasteiger partial charge in [0.05, 0.1) is 0 Å². The molecule has 0 radical (unpaired) electrons. The van der Waals surface area contributed by atoms with Gasteiger partial charge in [0.1, 0.15) is 5.78 Å². The molecule has 0 aliphatic rings. The molecule has 1 nitrogen and oxygen atoms in total. The summed E-state index contributed by atoms with van der Waals surface area (Å²) in [6.07, 6.45) is 4.89. The van der Waals surface area contributed by atoms with Crippen LogP contribution in [0.3, 0.4) is 0 Å². The molecule has 0 aromatic carbocycles. The minimum atomic E-state index is 0.108. The van der Waals surface area contributed by atoms with Crippen molar-refractivity contribution in [2.45, 2.75) is 66.7 Å². The highest BCUT2D eigenvalue weighted by Crippen LogP contribution is 2.26. The molecular formula is C15H28O. The molecule has 0 aliphatic carbocycles. The molecule has 0 fully saturated rings. The van der Waals surface area contributed by atoms with E-state index in [1.807, 2.05) is 6.92 Å². The Balaban J connectivity index is 4.37. The molecular weight excluding hydrogens is 196 g/mol. The highest BCUT2D eigenvalue weighted by molar-refractivity contribution is 5.81. The number of carbonyl (C=O) groups excluding carboxylic acids is 1. The Labute approximate surface area is 101 Å². The Hall–Kier alpha value is -0.590. The Kier molecular flexibility index (Phi) is 6.62. The smallest absolute Gasteiger partial charge is 0.136 e. The van der Waals surface area contributed by atoms with E-state index in [1.165, 1.54) is 0 Å². The molecule has 0 bridgehead atoms. The van der Waals surface area contributed by atoms with Gasteiger partial charge in [-0.3, -0.25) is 4.79 Å². The van der Waals surface area contributed by atoms with Crippen LogP contribution in [-0.4, -0.2) is 5.78 Å². The largest absolute Gasteiger partial charge is 0.299 e. The number of hydrogen-bond acceptors (Lipinski definition) is 1. The first kappa shape index (κ1) is 15.4. The lowest BCUT2D eigenvalue weighted by molar-refractivity contribution is -0.124. The van der Waals surface area contributed by atoms with Crippen molar-refractivity contribution >= 4 is 5.78 Å². The highest BCUT2D eigenvalue weighted by atomic mass is 16.1. The average Bonchev–Trinajstić information content (AvgIpc) is 2.08. The van der Waals surface area contributed by atoms with Crippen molar-refractivity contribution in [2.75, 3.05) is 0 Å². The van der Waals surface area contributed by atoms with Gasteiger partial charge in [0.15, 0.2) is 0 Å². The zero-order valence-corrected chi connectivity index (χ0v) is 11.7. The van der Waals surface area contributed by atoms with Gasteiger partial charge in [-0.15, -0.1) is 6.58 Å². The third-order valence-electron chi connectivity index (χ3n) is 2.66. The van der Waals surface area contributed by atoms with E-state index in [1.54, 1.807) is 0 Å². The van der Waals surface area contributed by atoms with Crippen molar-refractivity contribution in [3.05, 3.63) is 12.2 Å². The minimum absolute atomic E-state index is 0.108. The number of ketones is 1. The van der Waals surface area contributed by atoms with Crippen LogP contribution in [0.25, 0.3) is 0 Å². The monoisotopic (exact) mass is 224 g/mol. The standard InChI is InChI=1S/C15H28O/c1-7-8-9-13(10-12(2)3)14(16)11-15(4,5)6/h13H,2,7-11H2,1,3-6H3. The van der Waals surface area contributed by atoms with Crippen molar-refractivity contribution in [1.29, 1.82) is 0 Å². The Morgan fingerprint density at radius 2 is 1.88 bits per heavy atom. The van der Waals surface area contributed by atoms with Crippen molar-refractivity contribution in [3.8, 4) is 0 Å². The third kappa shape index (κ3) is 7.67. The van der Waals surface area contributed by atoms with Gasteiger partial charge in [-0.25, -0.2) is 0 Å². The summed E-state index contributed by atoms with van der Waals surface area (Å²) in [4.78, 5) is 12.2. The Morgan fingerprint density at radius 3 is 2.25 bits per heavy atom. The fraction of sp³-hybridized carbons (Fsp3) is 0.800. The molecule has 0 heterocycles. The fourth-order valence-corrected chi connectivity index (χ4v) is 1.92. The molecule has 0 saturated carbocycles. The van der Waals surface area contributed by atoms with Gasteiger partial charge in [-0.1, -0.05) is 46.1 Å². The Morgan fingerprint density at radius 1 is 1.31 bits per heavy atom. The van der Waals surface area contributed by atoms with E-state index in [9.17, 15) is 4.79 Å². The van der Waals surface area contributed by atoms with Crippen LogP contribution in [0.5, 0.6) is 0 Å². The van der Waals surface area contributed by atoms with Gasteiger partial charge >= 0.3 is 0 Å². The molecule has 0 aromatic heterocycles. The molecule has 0 amide bonds. The second-order valence-electron chi connectivity index (χ2n) is 6.20. The zero-order valence-electron chi connectivity index (χ0n) is 11.7. The van der Waals surface area contributed by atoms with E-state index < -0.39 is 0 Å². The molecule has 0 aliphatic heterocycles. The SMILES string of the molecule is C=C(C)CC(CCCC)C(=O)CC(C)(C)C. The van der Waals surface area contributed by atoms with E-state index in [4.69, 9.17) is 0 Å². The van der Waals surface area contributed by atoms with Crippen molar-refractivity contribution in [2.24, 2.45) is 11.3 Å². The van der Waals surface area contributed by atoms with Crippen LogP contribution in [0.4, 0.5) is 0 Å². The normalized spacial score (nSPS) is 13.6. The summed E-state index contributed by atoms with van der Waals surface area (Å²) < 4.78 is 0. The number of rotatable bonds is 7.